The highest BCUT2D eigenvalue weighted by Gasteiger charge is 2.38. The van der Waals surface area contributed by atoms with Crippen LogP contribution in [0.2, 0.25) is 0 Å². The highest BCUT2D eigenvalue weighted by molar-refractivity contribution is 4.90. The highest BCUT2D eigenvalue weighted by Crippen LogP contribution is 2.27. The van der Waals surface area contributed by atoms with Crippen molar-refractivity contribution in [3.8, 4) is 0 Å². The maximum Gasteiger partial charge on any atom is 0.471 e. The van der Waals surface area contributed by atoms with Crippen molar-refractivity contribution >= 4 is 0 Å². The van der Waals surface area contributed by atoms with Gasteiger partial charge in [-0.25, -0.2) is 0 Å². The second kappa shape index (κ2) is 4.58. The average molecular weight is 226 g/mol. The minimum Gasteiger partial charge on any atom is -0.355 e. The van der Waals surface area contributed by atoms with Gasteiger partial charge in [-0.15, -0.1) is 0 Å². The van der Waals surface area contributed by atoms with Gasteiger partial charge in [0.05, 0.1) is 6.42 Å². The predicted octanol–water partition coefficient (Wildman–Crippen LogP) is 1.25. The minimum atomic E-state index is -4.62. The van der Waals surface area contributed by atoms with Crippen molar-refractivity contribution in [1.82, 2.24) is 10.1 Å². The molecule has 0 saturated heterocycles. The number of ether oxygens (including phenoxy) is 2. The van der Waals surface area contributed by atoms with Crippen LogP contribution in [0.25, 0.3) is 0 Å². The molecule has 1 aromatic heterocycles. The first-order valence-corrected chi connectivity index (χ1v) is 3.92. The SMILES string of the molecule is COC(Cc1noc(C(F)(F)F)n1)OC. The van der Waals surface area contributed by atoms with E-state index in [0.29, 0.717) is 0 Å². The van der Waals surface area contributed by atoms with Crippen molar-refractivity contribution in [2.24, 2.45) is 0 Å². The van der Waals surface area contributed by atoms with E-state index in [9.17, 15) is 13.2 Å². The van der Waals surface area contributed by atoms with Crippen molar-refractivity contribution in [1.29, 1.82) is 0 Å². The summed E-state index contributed by atoms with van der Waals surface area (Å²) in [6, 6.07) is 0. The molecule has 0 atom stereocenters. The summed E-state index contributed by atoms with van der Waals surface area (Å²) < 4.78 is 49.7. The third-order valence-electron chi connectivity index (χ3n) is 1.59. The topological polar surface area (TPSA) is 57.4 Å². The smallest absolute Gasteiger partial charge is 0.355 e. The summed E-state index contributed by atoms with van der Waals surface area (Å²) in [5.74, 6) is -1.49. The first kappa shape index (κ1) is 11.9. The van der Waals surface area contributed by atoms with Crippen LogP contribution in [0.15, 0.2) is 4.52 Å². The molecule has 0 N–H and O–H groups in total. The summed E-state index contributed by atoms with van der Waals surface area (Å²) >= 11 is 0. The summed E-state index contributed by atoms with van der Waals surface area (Å²) in [4.78, 5) is 3.15. The molecule has 0 saturated carbocycles. The number of methoxy groups -OCH3 is 2. The van der Waals surface area contributed by atoms with Gasteiger partial charge in [-0.2, -0.15) is 18.2 Å². The van der Waals surface area contributed by atoms with Crippen LogP contribution < -0.4 is 0 Å². The molecule has 0 radical (unpaired) electrons. The van der Waals surface area contributed by atoms with Crippen LogP contribution in [0.5, 0.6) is 0 Å². The second-order valence-corrected chi connectivity index (χ2v) is 2.62. The number of rotatable bonds is 4. The van der Waals surface area contributed by atoms with Crippen LogP contribution in [-0.2, 0) is 22.1 Å². The fourth-order valence-electron chi connectivity index (χ4n) is 0.864. The molecule has 0 fully saturated rings. The Morgan fingerprint density at radius 1 is 1.33 bits per heavy atom. The van der Waals surface area contributed by atoms with Crippen LogP contribution in [0.4, 0.5) is 13.2 Å². The number of aromatic nitrogens is 2. The van der Waals surface area contributed by atoms with Gasteiger partial charge >= 0.3 is 12.1 Å². The number of nitrogens with zero attached hydrogens (tertiary/aromatic N) is 2. The molecule has 0 aromatic carbocycles. The first-order chi connectivity index (χ1) is 6.97. The maximum atomic E-state index is 12.0. The lowest BCUT2D eigenvalue weighted by atomic mass is 10.4. The molecule has 0 amide bonds. The molecule has 86 valence electrons. The number of halogens is 3. The zero-order valence-corrected chi connectivity index (χ0v) is 8.04. The summed E-state index contributed by atoms with van der Waals surface area (Å²) in [5.41, 5.74) is 0. The van der Waals surface area contributed by atoms with Gasteiger partial charge < -0.3 is 14.0 Å². The fourth-order valence-corrected chi connectivity index (χ4v) is 0.864. The van der Waals surface area contributed by atoms with E-state index in [4.69, 9.17) is 9.47 Å². The Morgan fingerprint density at radius 3 is 2.33 bits per heavy atom. The first-order valence-electron chi connectivity index (χ1n) is 3.92. The molecule has 0 unspecified atom stereocenters. The highest BCUT2D eigenvalue weighted by atomic mass is 19.4. The van der Waals surface area contributed by atoms with Gasteiger partial charge in [-0.1, -0.05) is 5.16 Å². The van der Waals surface area contributed by atoms with Gasteiger partial charge in [-0.05, 0) is 0 Å². The predicted molar refractivity (Wildman–Crippen MR) is 40.8 cm³/mol. The molecule has 5 nitrogen and oxygen atoms in total. The van der Waals surface area contributed by atoms with Crippen molar-refractivity contribution < 1.29 is 27.2 Å². The van der Waals surface area contributed by atoms with E-state index < -0.39 is 18.4 Å². The van der Waals surface area contributed by atoms with Gasteiger partial charge in [-0.3, -0.25) is 0 Å². The fraction of sp³-hybridized carbons (Fsp3) is 0.714. The van der Waals surface area contributed by atoms with Gasteiger partial charge in [0.1, 0.15) is 0 Å². The molecule has 1 rings (SSSR count). The summed E-state index contributed by atoms with van der Waals surface area (Å²) in [6.07, 6.45) is -5.32. The Labute approximate surface area is 83.2 Å². The Kier molecular flexibility index (Phi) is 3.64. The number of hydrogen-bond donors (Lipinski definition) is 0. The second-order valence-electron chi connectivity index (χ2n) is 2.62. The molecule has 1 aromatic rings. The number of hydrogen-bond acceptors (Lipinski definition) is 5. The Balaban J connectivity index is 2.68. The summed E-state index contributed by atoms with van der Waals surface area (Å²) in [5, 5.41) is 3.15. The standard InChI is InChI=1S/C7H9F3N2O3/c1-13-5(14-2)3-4-11-6(15-12-4)7(8,9)10/h5H,3H2,1-2H3. The van der Waals surface area contributed by atoms with E-state index in [2.05, 4.69) is 14.7 Å². The van der Waals surface area contributed by atoms with Gasteiger partial charge in [0.25, 0.3) is 0 Å². The third-order valence-corrected chi connectivity index (χ3v) is 1.59. The van der Waals surface area contributed by atoms with Crippen molar-refractivity contribution in [3.05, 3.63) is 11.7 Å². The molecule has 0 aliphatic carbocycles. The third kappa shape index (κ3) is 3.17. The van der Waals surface area contributed by atoms with Crippen LogP contribution in [0.1, 0.15) is 11.7 Å². The van der Waals surface area contributed by atoms with Crippen molar-refractivity contribution in [2.45, 2.75) is 18.9 Å². The molecular weight excluding hydrogens is 217 g/mol. The van der Waals surface area contributed by atoms with Crippen molar-refractivity contribution in [3.63, 3.8) is 0 Å². The normalized spacial score (nSPS) is 12.4. The van der Waals surface area contributed by atoms with E-state index in [1.807, 2.05) is 0 Å². The lowest BCUT2D eigenvalue weighted by molar-refractivity contribution is -0.159. The average Bonchev–Trinajstić information content (AvgIpc) is 2.61. The summed E-state index contributed by atoms with van der Waals surface area (Å²) in [7, 11) is 2.72. The molecule has 0 bridgehead atoms. The van der Waals surface area contributed by atoms with E-state index in [1.54, 1.807) is 0 Å². The number of alkyl halides is 3. The largest absolute Gasteiger partial charge is 0.471 e. The molecule has 0 spiro atoms. The Morgan fingerprint density at radius 2 is 1.93 bits per heavy atom. The van der Waals surface area contributed by atoms with E-state index in [-0.39, 0.29) is 12.2 Å². The van der Waals surface area contributed by atoms with Crippen LogP contribution in [0, 0.1) is 0 Å². The quantitative estimate of drug-likeness (QED) is 0.723. The molecule has 0 aliphatic rings. The van der Waals surface area contributed by atoms with Crippen LogP contribution in [-0.4, -0.2) is 30.7 Å². The molecule has 1 heterocycles. The zero-order chi connectivity index (χ0) is 11.5. The van der Waals surface area contributed by atoms with E-state index in [1.165, 1.54) is 14.2 Å². The Hall–Kier alpha value is -1.15. The monoisotopic (exact) mass is 226 g/mol. The van der Waals surface area contributed by atoms with Gasteiger partial charge in [0.15, 0.2) is 12.1 Å². The van der Waals surface area contributed by atoms with E-state index in [0.717, 1.165) is 0 Å². The molecular formula is C7H9F3N2O3. The summed E-state index contributed by atoms with van der Waals surface area (Å²) in [6.45, 7) is 0. The molecule has 0 aliphatic heterocycles. The molecule has 8 heteroatoms. The van der Waals surface area contributed by atoms with E-state index >= 15 is 0 Å². The van der Waals surface area contributed by atoms with Gasteiger partial charge in [0, 0.05) is 14.2 Å². The van der Waals surface area contributed by atoms with Crippen LogP contribution in [0.3, 0.4) is 0 Å². The van der Waals surface area contributed by atoms with Crippen LogP contribution >= 0.6 is 0 Å². The lowest BCUT2D eigenvalue weighted by Gasteiger charge is -2.09. The zero-order valence-electron chi connectivity index (χ0n) is 8.04. The maximum absolute atomic E-state index is 12.0. The Bertz CT molecular complexity index is 309. The van der Waals surface area contributed by atoms with Crippen molar-refractivity contribution in [2.75, 3.05) is 14.2 Å². The molecule has 15 heavy (non-hydrogen) atoms. The lowest BCUT2D eigenvalue weighted by Crippen LogP contribution is -2.17. The van der Waals surface area contributed by atoms with Gasteiger partial charge in [0.2, 0.25) is 0 Å². The minimum absolute atomic E-state index is 0.00736.